The molecule has 0 aromatic heterocycles. The molecule has 0 aliphatic carbocycles. The third kappa shape index (κ3) is 3.01. The van der Waals surface area contributed by atoms with E-state index >= 15 is 0 Å². The number of nitriles is 1. The zero-order valence-electron chi connectivity index (χ0n) is 13.1. The zero-order chi connectivity index (χ0) is 15.7. The smallest absolute Gasteiger partial charge is 0.190 e. The van der Waals surface area contributed by atoms with Gasteiger partial charge in [0.15, 0.2) is 12.1 Å². The van der Waals surface area contributed by atoms with Crippen LogP contribution in [0.4, 0.5) is 0 Å². The predicted octanol–water partition coefficient (Wildman–Crippen LogP) is 2.61. The van der Waals surface area contributed by atoms with Gasteiger partial charge in [0.25, 0.3) is 0 Å². The maximum Gasteiger partial charge on any atom is 0.190 e. The summed E-state index contributed by atoms with van der Waals surface area (Å²) in [6.45, 7) is 5.99. The zero-order valence-corrected chi connectivity index (χ0v) is 13.1. The number of hydrogen-bond donors (Lipinski definition) is 0. The number of nitrogens with zero attached hydrogens (tertiary/aromatic N) is 1. The fourth-order valence-electron chi connectivity index (χ4n) is 2.94. The topological polar surface area (TPSA) is 60.7 Å². The highest BCUT2D eigenvalue weighted by atomic mass is 16.8. The third-order valence-corrected chi connectivity index (χ3v) is 4.01. The lowest BCUT2D eigenvalue weighted by atomic mass is 9.99. The van der Waals surface area contributed by atoms with Gasteiger partial charge in [0.2, 0.25) is 0 Å². The Balaban J connectivity index is 1.73. The van der Waals surface area contributed by atoms with Crippen molar-refractivity contribution >= 4 is 0 Å². The van der Waals surface area contributed by atoms with Gasteiger partial charge in [0.05, 0.1) is 18.6 Å². The van der Waals surface area contributed by atoms with Gasteiger partial charge in [-0.3, -0.25) is 0 Å². The molecule has 0 N–H and O–H groups in total. The molecule has 2 aliphatic rings. The van der Waals surface area contributed by atoms with Gasteiger partial charge in [-0.25, -0.2) is 0 Å². The summed E-state index contributed by atoms with van der Waals surface area (Å²) >= 11 is 0. The van der Waals surface area contributed by atoms with E-state index < -0.39 is 12.1 Å². The van der Waals surface area contributed by atoms with E-state index in [9.17, 15) is 5.26 Å². The van der Waals surface area contributed by atoms with Crippen LogP contribution in [-0.4, -0.2) is 30.4 Å². The molecular formula is C17H21NO4. The summed E-state index contributed by atoms with van der Waals surface area (Å²) in [5.74, 6) is -0.980. The Bertz CT molecular complexity index is 554. The Hall–Kier alpha value is -1.45. The second kappa shape index (κ2) is 5.98. The fraction of sp³-hybridized carbons (Fsp3) is 0.588. The van der Waals surface area contributed by atoms with Crippen LogP contribution in [0.5, 0.6) is 0 Å². The van der Waals surface area contributed by atoms with Gasteiger partial charge in [-0.2, -0.15) is 5.26 Å². The van der Waals surface area contributed by atoms with E-state index in [0.717, 1.165) is 5.56 Å². The second-order valence-corrected chi connectivity index (χ2v) is 6.25. The Morgan fingerprint density at radius 2 is 2.00 bits per heavy atom. The van der Waals surface area contributed by atoms with Crippen LogP contribution in [0.25, 0.3) is 0 Å². The molecule has 1 aromatic rings. The highest BCUT2D eigenvalue weighted by molar-refractivity contribution is 5.13. The fourth-order valence-corrected chi connectivity index (χ4v) is 2.94. The second-order valence-electron chi connectivity index (χ2n) is 6.25. The molecule has 0 bridgehead atoms. The molecular weight excluding hydrogens is 282 g/mol. The molecule has 0 saturated carbocycles. The van der Waals surface area contributed by atoms with Gasteiger partial charge >= 0.3 is 0 Å². The predicted molar refractivity (Wildman–Crippen MR) is 78.5 cm³/mol. The van der Waals surface area contributed by atoms with Gasteiger partial charge in [0, 0.05) is 0 Å². The van der Waals surface area contributed by atoms with Crippen LogP contribution in [0.3, 0.4) is 0 Å². The molecule has 0 amide bonds. The number of ether oxygens (including phenoxy) is 4. The van der Waals surface area contributed by atoms with Gasteiger partial charge in [-0.1, -0.05) is 30.3 Å². The maximum atomic E-state index is 9.20. The monoisotopic (exact) mass is 303 g/mol. The number of fused-ring (bicyclic) bond motifs is 1. The van der Waals surface area contributed by atoms with Crippen molar-refractivity contribution in [2.75, 3.05) is 0 Å². The lowest BCUT2D eigenvalue weighted by Gasteiger charge is -2.27. The molecule has 2 fully saturated rings. The highest BCUT2D eigenvalue weighted by Crippen LogP contribution is 2.40. The summed E-state index contributed by atoms with van der Waals surface area (Å²) in [4.78, 5) is 0. The van der Waals surface area contributed by atoms with E-state index in [2.05, 4.69) is 6.07 Å². The average Bonchev–Trinajstić information content (AvgIpc) is 2.97. The van der Waals surface area contributed by atoms with Crippen LogP contribution in [0.1, 0.15) is 26.3 Å². The quantitative estimate of drug-likeness (QED) is 0.855. The first kappa shape index (κ1) is 15.4. The molecule has 3 rings (SSSR count). The number of benzene rings is 1. The Morgan fingerprint density at radius 1 is 1.27 bits per heavy atom. The van der Waals surface area contributed by atoms with Crippen molar-refractivity contribution in [3.63, 3.8) is 0 Å². The third-order valence-electron chi connectivity index (χ3n) is 4.01. The van der Waals surface area contributed by atoms with Crippen molar-refractivity contribution in [3.05, 3.63) is 35.9 Å². The lowest BCUT2D eigenvalue weighted by Crippen LogP contribution is -2.39. The van der Waals surface area contributed by atoms with E-state index in [4.69, 9.17) is 18.9 Å². The molecule has 5 atom stereocenters. The van der Waals surface area contributed by atoms with Crippen molar-refractivity contribution in [1.29, 1.82) is 5.26 Å². The van der Waals surface area contributed by atoms with Gasteiger partial charge in [-0.15, -0.1) is 0 Å². The normalized spacial score (nSPS) is 34.1. The van der Waals surface area contributed by atoms with Gasteiger partial charge < -0.3 is 18.9 Å². The first-order valence-electron chi connectivity index (χ1n) is 7.56. The Labute approximate surface area is 130 Å². The molecule has 118 valence electrons. The molecule has 2 aliphatic heterocycles. The van der Waals surface area contributed by atoms with Gasteiger partial charge in [-0.05, 0) is 26.3 Å². The molecule has 2 saturated heterocycles. The molecule has 22 heavy (non-hydrogen) atoms. The van der Waals surface area contributed by atoms with Crippen LogP contribution in [0, 0.1) is 17.2 Å². The van der Waals surface area contributed by atoms with Crippen molar-refractivity contribution in [1.82, 2.24) is 0 Å². The molecule has 0 radical (unpaired) electrons. The van der Waals surface area contributed by atoms with E-state index in [1.54, 1.807) is 0 Å². The molecule has 2 heterocycles. The summed E-state index contributed by atoms with van der Waals surface area (Å²) < 4.78 is 23.6. The Morgan fingerprint density at radius 3 is 2.68 bits per heavy atom. The molecule has 0 unspecified atom stereocenters. The van der Waals surface area contributed by atoms with Crippen LogP contribution < -0.4 is 0 Å². The highest BCUT2D eigenvalue weighted by Gasteiger charge is 2.56. The van der Waals surface area contributed by atoms with Crippen molar-refractivity contribution in [2.45, 2.75) is 57.8 Å². The summed E-state index contributed by atoms with van der Waals surface area (Å²) in [5.41, 5.74) is 1.08. The first-order valence-corrected chi connectivity index (χ1v) is 7.56. The van der Waals surface area contributed by atoms with Gasteiger partial charge in [0.1, 0.15) is 18.3 Å². The summed E-state index contributed by atoms with van der Waals surface area (Å²) in [5, 5.41) is 9.20. The minimum atomic E-state index is -0.690. The molecule has 5 heteroatoms. The van der Waals surface area contributed by atoms with Crippen molar-refractivity contribution < 1.29 is 18.9 Å². The summed E-state index contributed by atoms with van der Waals surface area (Å²) in [7, 11) is 0. The van der Waals surface area contributed by atoms with E-state index in [1.807, 2.05) is 51.1 Å². The standard InChI is InChI=1S/C17H21NO4/c1-11(9-18)13-14(19-10-12-7-5-4-6-8-12)15-16(20-13)22-17(2,3)21-15/h4-8,11,13-16H,10H2,1-3H3/t11-,13+,14-,15+,16+/m0/s1. The van der Waals surface area contributed by atoms with Crippen molar-refractivity contribution in [2.24, 2.45) is 5.92 Å². The summed E-state index contributed by atoms with van der Waals surface area (Å²) in [6.07, 6.45) is -1.45. The summed E-state index contributed by atoms with van der Waals surface area (Å²) in [6, 6.07) is 12.2. The molecule has 5 nitrogen and oxygen atoms in total. The minimum absolute atomic E-state index is 0.290. The van der Waals surface area contributed by atoms with E-state index in [-0.39, 0.29) is 24.2 Å². The van der Waals surface area contributed by atoms with Crippen molar-refractivity contribution in [3.8, 4) is 6.07 Å². The van der Waals surface area contributed by atoms with Crippen LogP contribution in [-0.2, 0) is 25.6 Å². The first-order chi connectivity index (χ1) is 10.5. The van der Waals surface area contributed by atoms with Crippen LogP contribution >= 0.6 is 0 Å². The van der Waals surface area contributed by atoms with E-state index in [0.29, 0.717) is 6.61 Å². The lowest BCUT2D eigenvalue weighted by molar-refractivity contribution is -0.222. The minimum Gasteiger partial charge on any atom is -0.368 e. The average molecular weight is 303 g/mol. The maximum absolute atomic E-state index is 9.20. The number of hydrogen-bond acceptors (Lipinski definition) is 5. The Kier molecular flexibility index (Phi) is 4.20. The van der Waals surface area contributed by atoms with Crippen LogP contribution in [0.15, 0.2) is 30.3 Å². The van der Waals surface area contributed by atoms with Crippen LogP contribution in [0.2, 0.25) is 0 Å². The van der Waals surface area contributed by atoms with E-state index in [1.165, 1.54) is 0 Å². The number of rotatable bonds is 4. The largest absolute Gasteiger partial charge is 0.368 e. The SMILES string of the molecule is C[C@@H](C#N)[C@H]1O[C@@H]2OC(C)(C)O[C@@H]2[C@H]1OCc1ccccc1. The molecule has 0 spiro atoms. The molecule has 1 aromatic carbocycles.